The second kappa shape index (κ2) is 8.37. The van der Waals surface area contributed by atoms with Crippen LogP contribution in [0.15, 0.2) is 58.5 Å². The molecule has 0 unspecified atom stereocenters. The number of fused-ring (bicyclic) bond motifs is 1. The summed E-state index contributed by atoms with van der Waals surface area (Å²) in [6.45, 7) is 3.73. The second-order valence-electron chi connectivity index (χ2n) is 7.38. The molecule has 3 aromatic rings. The number of hydrogen-bond donors (Lipinski definition) is 0. The van der Waals surface area contributed by atoms with Gasteiger partial charge in [-0.2, -0.15) is 0 Å². The Kier molecular flexibility index (Phi) is 5.67. The molecular weight excluding hydrogens is 389 g/mol. The van der Waals surface area contributed by atoms with E-state index in [4.69, 9.17) is 0 Å². The van der Waals surface area contributed by atoms with Gasteiger partial charge in [0.15, 0.2) is 5.16 Å². The average Bonchev–Trinajstić information content (AvgIpc) is 2.72. The number of carbonyl (C=O) groups is 1. The van der Waals surface area contributed by atoms with E-state index >= 15 is 0 Å². The van der Waals surface area contributed by atoms with Gasteiger partial charge in [0, 0.05) is 13.1 Å². The zero-order valence-electron chi connectivity index (χ0n) is 16.2. The fraction of sp³-hybridized carbons (Fsp3) is 0.318. The molecule has 0 bridgehead atoms. The number of hydrogen-bond acceptors (Lipinski definition) is 4. The van der Waals surface area contributed by atoms with E-state index in [1.54, 1.807) is 30.3 Å². The molecule has 0 saturated carbocycles. The van der Waals surface area contributed by atoms with E-state index in [-0.39, 0.29) is 17.2 Å². The highest BCUT2D eigenvalue weighted by atomic mass is 32.2. The molecule has 2 heterocycles. The molecule has 7 heteroatoms. The minimum absolute atomic E-state index is 0.0371. The predicted octanol–water partition coefficient (Wildman–Crippen LogP) is 3.88. The topological polar surface area (TPSA) is 55.2 Å². The van der Waals surface area contributed by atoms with Gasteiger partial charge in [-0.1, -0.05) is 36.9 Å². The molecule has 1 aliphatic rings. The lowest BCUT2D eigenvalue weighted by atomic mass is 9.99. The number of carbonyl (C=O) groups excluding carboxylic acids is 1. The van der Waals surface area contributed by atoms with Crippen molar-refractivity contribution in [2.75, 3.05) is 18.8 Å². The molecule has 0 aliphatic carbocycles. The molecule has 0 N–H and O–H groups in total. The van der Waals surface area contributed by atoms with Gasteiger partial charge >= 0.3 is 0 Å². The number of para-hydroxylation sites is 1. The van der Waals surface area contributed by atoms with E-state index in [1.165, 1.54) is 28.5 Å². The van der Waals surface area contributed by atoms with E-state index < -0.39 is 5.82 Å². The van der Waals surface area contributed by atoms with E-state index in [1.807, 2.05) is 11.0 Å². The van der Waals surface area contributed by atoms with Gasteiger partial charge in [-0.3, -0.25) is 14.2 Å². The van der Waals surface area contributed by atoms with Crippen LogP contribution in [0, 0.1) is 11.7 Å². The first-order valence-corrected chi connectivity index (χ1v) is 10.7. The monoisotopic (exact) mass is 411 g/mol. The number of nitrogens with zero attached hydrogens (tertiary/aromatic N) is 3. The quantitative estimate of drug-likeness (QED) is 0.483. The van der Waals surface area contributed by atoms with Gasteiger partial charge < -0.3 is 4.90 Å². The number of piperidine rings is 1. The van der Waals surface area contributed by atoms with E-state index in [0.717, 1.165) is 25.9 Å². The Morgan fingerprint density at radius 1 is 1.17 bits per heavy atom. The molecule has 0 radical (unpaired) electrons. The minimum Gasteiger partial charge on any atom is -0.342 e. The second-order valence-corrected chi connectivity index (χ2v) is 8.33. The fourth-order valence-corrected chi connectivity index (χ4v) is 4.44. The molecule has 1 fully saturated rings. The van der Waals surface area contributed by atoms with Gasteiger partial charge in [0.25, 0.3) is 5.56 Å². The van der Waals surface area contributed by atoms with Crippen LogP contribution in [-0.4, -0.2) is 39.2 Å². The molecule has 1 saturated heterocycles. The summed E-state index contributed by atoms with van der Waals surface area (Å²) in [6, 6.07) is 12.9. The standard InChI is InChI=1S/C22H22FN3O2S/c1-15-9-11-25(12-10-15)20(27)14-29-22-24-19-8-3-2-7-18(19)21(28)26(22)17-6-4-5-16(23)13-17/h2-8,13,15H,9-12,14H2,1H3. The van der Waals surface area contributed by atoms with Crippen LogP contribution in [0.1, 0.15) is 19.8 Å². The van der Waals surface area contributed by atoms with Crippen LogP contribution in [0.2, 0.25) is 0 Å². The Morgan fingerprint density at radius 3 is 2.69 bits per heavy atom. The molecule has 5 nitrogen and oxygen atoms in total. The molecule has 1 aliphatic heterocycles. The number of benzene rings is 2. The van der Waals surface area contributed by atoms with Crippen molar-refractivity contribution in [1.29, 1.82) is 0 Å². The first-order chi connectivity index (χ1) is 14.0. The van der Waals surface area contributed by atoms with Crippen LogP contribution in [0.25, 0.3) is 16.6 Å². The zero-order valence-corrected chi connectivity index (χ0v) is 17.0. The van der Waals surface area contributed by atoms with Crippen LogP contribution < -0.4 is 5.56 Å². The summed E-state index contributed by atoms with van der Waals surface area (Å²) in [5.41, 5.74) is 0.685. The largest absolute Gasteiger partial charge is 0.342 e. The number of amides is 1. The van der Waals surface area contributed by atoms with Crippen LogP contribution in [0.5, 0.6) is 0 Å². The smallest absolute Gasteiger partial charge is 0.266 e. The van der Waals surface area contributed by atoms with Crippen LogP contribution >= 0.6 is 11.8 Å². The van der Waals surface area contributed by atoms with Gasteiger partial charge in [-0.05, 0) is 49.1 Å². The molecule has 2 aromatic carbocycles. The third-order valence-corrected chi connectivity index (χ3v) is 6.20. The van der Waals surface area contributed by atoms with Crippen molar-refractivity contribution in [2.45, 2.75) is 24.9 Å². The Hall–Kier alpha value is -2.67. The zero-order chi connectivity index (χ0) is 20.4. The number of aromatic nitrogens is 2. The normalized spacial score (nSPS) is 15.0. The van der Waals surface area contributed by atoms with Gasteiger partial charge in [-0.25, -0.2) is 9.37 Å². The van der Waals surface area contributed by atoms with E-state index in [9.17, 15) is 14.0 Å². The molecule has 1 amide bonds. The number of rotatable bonds is 4. The van der Waals surface area contributed by atoms with E-state index in [2.05, 4.69) is 11.9 Å². The van der Waals surface area contributed by atoms with Crippen LogP contribution in [0.4, 0.5) is 4.39 Å². The first-order valence-electron chi connectivity index (χ1n) is 9.71. The van der Waals surface area contributed by atoms with Crippen molar-refractivity contribution in [3.05, 3.63) is 64.7 Å². The van der Waals surface area contributed by atoms with Gasteiger partial charge in [0.05, 0.1) is 22.3 Å². The summed E-state index contributed by atoms with van der Waals surface area (Å²) in [5, 5.41) is 0.843. The summed E-state index contributed by atoms with van der Waals surface area (Å²) >= 11 is 1.22. The maximum atomic E-state index is 13.8. The summed E-state index contributed by atoms with van der Waals surface area (Å²) in [6.07, 6.45) is 2.03. The number of halogens is 1. The minimum atomic E-state index is -0.433. The maximum absolute atomic E-state index is 13.8. The molecule has 0 spiro atoms. The maximum Gasteiger partial charge on any atom is 0.266 e. The molecular formula is C22H22FN3O2S. The summed E-state index contributed by atoms with van der Waals surface area (Å²) in [5.74, 6) is 0.438. The molecule has 4 rings (SSSR count). The predicted molar refractivity (Wildman–Crippen MR) is 113 cm³/mol. The first kappa shape index (κ1) is 19.6. The Balaban J connectivity index is 1.68. The highest BCUT2D eigenvalue weighted by Gasteiger charge is 2.21. The molecule has 150 valence electrons. The van der Waals surface area contributed by atoms with Gasteiger partial charge in [-0.15, -0.1) is 0 Å². The lowest BCUT2D eigenvalue weighted by molar-refractivity contribution is -0.129. The summed E-state index contributed by atoms with van der Waals surface area (Å²) in [7, 11) is 0. The molecule has 29 heavy (non-hydrogen) atoms. The fourth-order valence-electron chi connectivity index (χ4n) is 3.53. The Morgan fingerprint density at radius 2 is 1.93 bits per heavy atom. The summed E-state index contributed by atoms with van der Waals surface area (Å²) in [4.78, 5) is 32.3. The number of thioether (sulfide) groups is 1. The third kappa shape index (κ3) is 4.19. The molecule has 0 atom stereocenters. The van der Waals surface area contributed by atoms with Crippen molar-refractivity contribution in [2.24, 2.45) is 5.92 Å². The van der Waals surface area contributed by atoms with Crippen molar-refractivity contribution >= 4 is 28.6 Å². The SMILES string of the molecule is CC1CCN(C(=O)CSc2nc3ccccc3c(=O)n2-c2cccc(F)c2)CC1. The van der Waals surface area contributed by atoms with Crippen molar-refractivity contribution < 1.29 is 9.18 Å². The van der Waals surface area contributed by atoms with Gasteiger partial charge in [0.2, 0.25) is 5.91 Å². The third-order valence-electron chi connectivity index (χ3n) is 5.27. The highest BCUT2D eigenvalue weighted by molar-refractivity contribution is 7.99. The van der Waals surface area contributed by atoms with Gasteiger partial charge in [0.1, 0.15) is 5.82 Å². The Labute approximate surface area is 172 Å². The average molecular weight is 412 g/mol. The lowest BCUT2D eigenvalue weighted by Crippen LogP contribution is -2.39. The molecule has 1 aromatic heterocycles. The summed E-state index contributed by atoms with van der Waals surface area (Å²) < 4.78 is 15.2. The van der Waals surface area contributed by atoms with E-state index in [0.29, 0.717) is 27.7 Å². The highest BCUT2D eigenvalue weighted by Crippen LogP contribution is 2.23. The van der Waals surface area contributed by atoms with Crippen molar-refractivity contribution in [3.63, 3.8) is 0 Å². The lowest BCUT2D eigenvalue weighted by Gasteiger charge is -2.30. The van der Waals surface area contributed by atoms with Crippen LogP contribution in [0.3, 0.4) is 0 Å². The Bertz CT molecular complexity index is 1110. The number of likely N-dealkylation sites (tertiary alicyclic amines) is 1. The van der Waals surface area contributed by atoms with Crippen LogP contribution in [-0.2, 0) is 4.79 Å². The van der Waals surface area contributed by atoms with Crippen molar-refractivity contribution in [3.8, 4) is 5.69 Å². The van der Waals surface area contributed by atoms with Crippen molar-refractivity contribution in [1.82, 2.24) is 14.5 Å².